The molecule has 94 valence electrons. The predicted octanol–water partition coefficient (Wildman–Crippen LogP) is 0.718. The minimum absolute atomic E-state index is 0.0172. The van der Waals surface area contributed by atoms with E-state index in [0.717, 1.165) is 26.2 Å². The number of rotatable bonds is 4. The van der Waals surface area contributed by atoms with Crippen LogP contribution in [0.3, 0.4) is 0 Å². The highest BCUT2D eigenvalue weighted by Gasteiger charge is 2.21. The summed E-state index contributed by atoms with van der Waals surface area (Å²) in [5, 5.41) is 0. The molecule has 1 aromatic heterocycles. The van der Waals surface area contributed by atoms with E-state index in [-0.39, 0.29) is 5.78 Å². The molecular weight excluding hydrogens is 220 g/mol. The Morgan fingerprint density at radius 3 is 2.76 bits per heavy atom. The van der Waals surface area contributed by atoms with Crippen molar-refractivity contribution in [1.29, 1.82) is 0 Å². The molecule has 1 aromatic rings. The van der Waals surface area contributed by atoms with Gasteiger partial charge >= 0.3 is 0 Å². The summed E-state index contributed by atoms with van der Waals surface area (Å²) >= 11 is 0. The maximum Gasteiger partial charge on any atom is 0.215 e. The van der Waals surface area contributed by atoms with Crippen LogP contribution in [-0.2, 0) is 0 Å². The quantitative estimate of drug-likeness (QED) is 0.723. The maximum atomic E-state index is 12.0. The van der Waals surface area contributed by atoms with Crippen LogP contribution < -0.4 is 4.74 Å². The zero-order valence-electron chi connectivity index (χ0n) is 10.3. The molecule has 5 heteroatoms. The van der Waals surface area contributed by atoms with E-state index in [2.05, 4.69) is 16.8 Å². The number of piperazine rings is 1. The SMILES string of the molecule is COc1ccoc1C(=O)CN1CCN(C)CC1. The third-order valence-corrected chi connectivity index (χ3v) is 3.07. The number of hydrogen-bond acceptors (Lipinski definition) is 5. The average Bonchev–Trinajstić information content (AvgIpc) is 2.80. The van der Waals surface area contributed by atoms with Gasteiger partial charge in [0, 0.05) is 32.2 Å². The van der Waals surface area contributed by atoms with Crippen LogP contribution in [-0.4, -0.2) is 62.5 Å². The van der Waals surface area contributed by atoms with E-state index in [4.69, 9.17) is 9.15 Å². The van der Waals surface area contributed by atoms with Gasteiger partial charge in [-0.05, 0) is 7.05 Å². The lowest BCUT2D eigenvalue weighted by atomic mass is 10.2. The van der Waals surface area contributed by atoms with E-state index < -0.39 is 0 Å². The number of hydrogen-bond donors (Lipinski definition) is 0. The number of carbonyl (C=O) groups excluding carboxylic acids is 1. The fourth-order valence-corrected chi connectivity index (χ4v) is 1.94. The molecule has 1 aliphatic rings. The van der Waals surface area contributed by atoms with Crippen molar-refractivity contribution in [2.45, 2.75) is 0 Å². The standard InChI is InChI=1S/C12H18N2O3/c1-13-4-6-14(7-5-13)9-10(15)12-11(16-2)3-8-17-12/h3,8H,4-7,9H2,1-2H3. The molecule has 2 rings (SSSR count). The first-order valence-electron chi connectivity index (χ1n) is 5.76. The van der Waals surface area contributed by atoms with E-state index in [1.165, 1.54) is 13.4 Å². The first kappa shape index (κ1) is 12.1. The van der Waals surface area contributed by atoms with Crippen LogP contribution in [0.1, 0.15) is 10.6 Å². The summed E-state index contributed by atoms with van der Waals surface area (Å²) in [7, 11) is 3.63. The van der Waals surface area contributed by atoms with E-state index in [1.54, 1.807) is 6.07 Å². The molecule has 0 amide bonds. The first-order chi connectivity index (χ1) is 8.20. The minimum atomic E-state index is -0.0172. The van der Waals surface area contributed by atoms with Crippen molar-refractivity contribution in [3.8, 4) is 5.75 Å². The second-order valence-corrected chi connectivity index (χ2v) is 4.32. The van der Waals surface area contributed by atoms with Gasteiger partial charge in [0.2, 0.25) is 11.5 Å². The second kappa shape index (κ2) is 5.33. The molecule has 2 heterocycles. The fraction of sp³-hybridized carbons (Fsp3) is 0.583. The molecule has 0 aromatic carbocycles. The summed E-state index contributed by atoms with van der Waals surface area (Å²) in [6, 6.07) is 1.66. The number of Topliss-reactive ketones (excluding diaryl/α,β-unsaturated/α-hetero) is 1. The Morgan fingerprint density at radius 1 is 1.41 bits per heavy atom. The third kappa shape index (κ3) is 2.87. The third-order valence-electron chi connectivity index (χ3n) is 3.07. The lowest BCUT2D eigenvalue weighted by Crippen LogP contribution is -2.46. The fourth-order valence-electron chi connectivity index (χ4n) is 1.94. The highest BCUT2D eigenvalue weighted by molar-refractivity contribution is 5.97. The Hall–Kier alpha value is -1.33. The Bertz CT molecular complexity index is 381. The molecular formula is C12H18N2O3. The highest BCUT2D eigenvalue weighted by atomic mass is 16.5. The van der Waals surface area contributed by atoms with Crippen molar-refractivity contribution in [3.05, 3.63) is 18.1 Å². The Kier molecular flexibility index (Phi) is 3.81. The largest absolute Gasteiger partial charge is 0.493 e. The van der Waals surface area contributed by atoms with E-state index >= 15 is 0 Å². The van der Waals surface area contributed by atoms with Crippen LogP contribution in [0.5, 0.6) is 5.75 Å². The molecule has 1 saturated heterocycles. The van der Waals surface area contributed by atoms with E-state index in [0.29, 0.717) is 18.1 Å². The summed E-state index contributed by atoms with van der Waals surface area (Å²) in [6.45, 7) is 4.25. The van der Waals surface area contributed by atoms with Gasteiger partial charge in [0.25, 0.3) is 0 Å². The molecule has 0 N–H and O–H groups in total. The van der Waals surface area contributed by atoms with Gasteiger partial charge in [0.05, 0.1) is 19.9 Å². The van der Waals surface area contributed by atoms with Gasteiger partial charge < -0.3 is 14.1 Å². The van der Waals surface area contributed by atoms with Gasteiger partial charge in [-0.3, -0.25) is 9.69 Å². The number of ether oxygens (including phenoxy) is 1. The normalized spacial score (nSPS) is 18.2. The zero-order valence-corrected chi connectivity index (χ0v) is 10.3. The van der Waals surface area contributed by atoms with Crippen LogP contribution in [0.4, 0.5) is 0 Å². The summed E-state index contributed by atoms with van der Waals surface area (Å²) in [5.74, 6) is 0.826. The van der Waals surface area contributed by atoms with Crippen LogP contribution in [0.2, 0.25) is 0 Å². The van der Waals surface area contributed by atoms with Crippen molar-refractivity contribution in [3.63, 3.8) is 0 Å². The monoisotopic (exact) mass is 238 g/mol. The number of methoxy groups -OCH3 is 1. The first-order valence-corrected chi connectivity index (χ1v) is 5.76. The number of carbonyl (C=O) groups is 1. The summed E-state index contributed by atoms with van der Waals surface area (Å²) in [5.41, 5.74) is 0. The van der Waals surface area contributed by atoms with Crippen LogP contribution in [0, 0.1) is 0 Å². The zero-order chi connectivity index (χ0) is 12.3. The van der Waals surface area contributed by atoms with Crippen molar-refractivity contribution < 1.29 is 13.9 Å². The predicted molar refractivity (Wildman–Crippen MR) is 63.5 cm³/mol. The van der Waals surface area contributed by atoms with Gasteiger partial charge in [0.15, 0.2) is 5.75 Å². The lowest BCUT2D eigenvalue weighted by Gasteiger charge is -2.31. The minimum Gasteiger partial charge on any atom is -0.493 e. The molecule has 0 unspecified atom stereocenters. The molecule has 0 aliphatic carbocycles. The number of likely N-dealkylation sites (N-methyl/N-ethyl adjacent to an activating group) is 1. The van der Waals surface area contributed by atoms with Crippen molar-refractivity contribution in [2.24, 2.45) is 0 Å². The van der Waals surface area contributed by atoms with Crippen LogP contribution in [0.25, 0.3) is 0 Å². The molecule has 17 heavy (non-hydrogen) atoms. The molecule has 0 spiro atoms. The van der Waals surface area contributed by atoms with Gasteiger partial charge in [-0.2, -0.15) is 0 Å². The number of nitrogens with zero attached hydrogens (tertiary/aromatic N) is 2. The molecule has 0 bridgehead atoms. The molecule has 0 saturated carbocycles. The van der Waals surface area contributed by atoms with E-state index in [1.807, 2.05) is 0 Å². The molecule has 0 atom stereocenters. The number of ketones is 1. The van der Waals surface area contributed by atoms with Crippen molar-refractivity contribution in [2.75, 3.05) is 46.9 Å². The van der Waals surface area contributed by atoms with E-state index in [9.17, 15) is 4.79 Å². The number of furan rings is 1. The van der Waals surface area contributed by atoms with Crippen LogP contribution >= 0.6 is 0 Å². The topological polar surface area (TPSA) is 45.9 Å². The van der Waals surface area contributed by atoms with Gasteiger partial charge in [-0.15, -0.1) is 0 Å². The summed E-state index contributed by atoms with van der Waals surface area (Å²) in [6.07, 6.45) is 1.48. The van der Waals surface area contributed by atoms with Gasteiger partial charge in [0.1, 0.15) is 0 Å². The lowest BCUT2D eigenvalue weighted by molar-refractivity contribution is 0.0846. The smallest absolute Gasteiger partial charge is 0.215 e. The van der Waals surface area contributed by atoms with Gasteiger partial charge in [-0.25, -0.2) is 0 Å². The summed E-state index contributed by atoms with van der Waals surface area (Å²) < 4.78 is 10.2. The molecule has 1 aliphatic heterocycles. The highest BCUT2D eigenvalue weighted by Crippen LogP contribution is 2.20. The molecule has 5 nitrogen and oxygen atoms in total. The average molecular weight is 238 g/mol. The van der Waals surface area contributed by atoms with Crippen LogP contribution in [0.15, 0.2) is 16.7 Å². The maximum absolute atomic E-state index is 12.0. The molecule has 0 radical (unpaired) electrons. The molecule has 1 fully saturated rings. The Balaban J connectivity index is 1.93. The van der Waals surface area contributed by atoms with Gasteiger partial charge in [-0.1, -0.05) is 0 Å². The summed E-state index contributed by atoms with van der Waals surface area (Å²) in [4.78, 5) is 16.4. The van der Waals surface area contributed by atoms with Crippen molar-refractivity contribution >= 4 is 5.78 Å². The Morgan fingerprint density at radius 2 is 2.12 bits per heavy atom. The second-order valence-electron chi connectivity index (χ2n) is 4.32. The van der Waals surface area contributed by atoms with Crippen molar-refractivity contribution in [1.82, 2.24) is 9.80 Å². The Labute approximate surface area is 101 Å².